The molecule has 1 aliphatic heterocycles. The van der Waals surface area contributed by atoms with E-state index in [1.165, 1.54) is 5.56 Å². The molecule has 0 N–H and O–H groups in total. The molecule has 2 rings (SSSR count). The molecule has 0 saturated carbocycles. The van der Waals surface area contributed by atoms with E-state index in [0.717, 1.165) is 38.8 Å². The maximum absolute atomic E-state index is 11.6. The highest BCUT2D eigenvalue weighted by molar-refractivity contribution is 5.67. The number of hydrogen-bond acceptors (Lipinski definition) is 2. The Kier molecular flexibility index (Phi) is 4.42. The molecule has 1 saturated heterocycles. The molecule has 0 spiro atoms. The molecular formula is C14H19NO2. The average Bonchev–Trinajstić information content (AvgIpc) is 2.89. The third kappa shape index (κ3) is 3.77. The van der Waals surface area contributed by atoms with Gasteiger partial charge in [-0.2, -0.15) is 0 Å². The predicted molar refractivity (Wildman–Crippen MR) is 66.9 cm³/mol. The standard InChI is InChI=1S/C14H19NO2/c16-14(15-10-4-5-11-15)17-12-6-9-13-7-2-1-3-8-13/h1-3,7-8H,4-6,9-12H2. The maximum Gasteiger partial charge on any atom is 0.409 e. The minimum atomic E-state index is -0.143. The summed E-state index contributed by atoms with van der Waals surface area (Å²) in [7, 11) is 0. The zero-order valence-electron chi connectivity index (χ0n) is 10.1. The number of carbonyl (C=O) groups excluding carboxylic acids is 1. The van der Waals surface area contributed by atoms with Gasteiger partial charge in [0, 0.05) is 13.1 Å². The molecule has 1 heterocycles. The van der Waals surface area contributed by atoms with E-state index in [1.54, 1.807) is 4.90 Å². The monoisotopic (exact) mass is 233 g/mol. The molecule has 92 valence electrons. The van der Waals surface area contributed by atoms with E-state index in [-0.39, 0.29) is 6.09 Å². The molecule has 1 aliphatic rings. The summed E-state index contributed by atoms with van der Waals surface area (Å²) in [6.07, 6.45) is 3.94. The van der Waals surface area contributed by atoms with Crippen LogP contribution in [0, 0.1) is 0 Å². The van der Waals surface area contributed by atoms with Crippen LogP contribution in [-0.4, -0.2) is 30.7 Å². The molecule has 0 aromatic heterocycles. The zero-order chi connectivity index (χ0) is 11.9. The Bertz CT molecular complexity index is 344. The van der Waals surface area contributed by atoms with Gasteiger partial charge in [-0.3, -0.25) is 0 Å². The van der Waals surface area contributed by atoms with Gasteiger partial charge in [-0.25, -0.2) is 4.79 Å². The van der Waals surface area contributed by atoms with Crippen molar-refractivity contribution in [2.75, 3.05) is 19.7 Å². The number of carbonyl (C=O) groups is 1. The van der Waals surface area contributed by atoms with Crippen LogP contribution in [0.25, 0.3) is 0 Å². The lowest BCUT2D eigenvalue weighted by Crippen LogP contribution is -2.28. The third-order valence-electron chi connectivity index (χ3n) is 3.04. The van der Waals surface area contributed by atoms with E-state index in [1.807, 2.05) is 18.2 Å². The quantitative estimate of drug-likeness (QED) is 0.748. The zero-order valence-corrected chi connectivity index (χ0v) is 10.1. The molecule has 0 unspecified atom stereocenters. The Morgan fingerprint density at radius 2 is 1.88 bits per heavy atom. The van der Waals surface area contributed by atoms with Crippen LogP contribution >= 0.6 is 0 Å². The van der Waals surface area contributed by atoms with E-state index in [2.05, 4.69) is 12.1 Å². The average molecular weight is 233 g/mol. The number of hydrogen-bond donors (Lipinski definition) is 0. The fourth-order valence-electron chi connectivity index (χ4n) is 2.07. The summed E-state index contributed by atoms with van der Waals surface area (Å²) in [5.74, 6) is 0. The third-order valence-corrected chi connectivity index (χ3v) is 3.04. The molecule has 1 aromatic rings. The van der Waals surface area contributed by atoms with Crippen molar-refractivity contribution in [1.82, 2.24) is 4.90 Å². The first-order valence-corrected chi connectivity index (χ1v) is 6.32. The molecule has 1 aromatic carbocycles. The van der Waals surface area contributed by atoms with Gasteiger partial charge >= 0.3 is 6.09 Å². The van der Waals surface area contributed by atoms with Gasteiger partial charge in [0.1, 0.15) is 0 Å². The highest BCUT2D eigenvalue weighted by Crippen LogP contribution is 2.09. The maximum atomic E-state index is 11.6. The van der Waals surface area contributed by atoms with Gasteiger partial charge in [-0.1, -0.05) is 30.3 Å². The lowest BCUT2D eigenvalue weighted by Gasteiger charge is -2.14. The van der Waals surface area contributed by atoms with E-state index in [4.69, 9.17) is 4.74 Å². The first-order valence-electron chi connectivity index (χ1n) is 6.32. The topological polar surface area (TPSA) is 29.5 Å². The first-order chi connectivity index (χ1) is 8.36. The van der Waals surface area contributed by atoms with Crippen LogP contribution in [0.5, 0.6) is 0 Å². The summed E-state index contributed by atoms with van der Waals surface area (Å²) in [5, 5.41) is 0. The van der Waals surface area contributed by atoms with E-state index >= 15 is 0 Å². The molecule has 1 fully saturated rings. The summed E-state index contributed by atoms with van der Waals surface area (Å²) in [4.78, 5) is 13.4. The molecule has 3 heteroatoms. The van der Waals surface area contributed by atoms with Crippen LogP contribution < -0.4 is 0 Å². The Labute approximate surface area is 102 Å². The minimum absolute atomic E-state index is 0.143. The second-order valence-corrected chi connectivity index (χ2v) is 4.40. The van der Waals surface area contributed by atoms with Gasteiger partial charge in [0.15, 0.2) is 0 Å². The van der Waals surface area contributed by atoms with Gasteiger partial charge < -0.3 is 9.64 Å². The summed E-state index contributed by atoms with van der Waals surface area (Å²) in [6, 6.07) is 10.3. The highest BCUT2D eigenvalue weighted by atomic mass is 16.6. The van der Waals surface area contributed by atoms with Gasteiger partial charge in [0.05, 0.1) is 6.61 Å². The number of ether oxygens (including phenoxy) is 1. The van der Waals surface area contributed by atoms with E-state index in [9.17, 15) is 4.79 Å². The van der Waals surface area contributed by atoms with Crippen molar-refractivity contribution in [1.29, 1.82) is 0 Å². The van der Waals surface area contributed by atoms with Crippen LogP contribution in [0.4, 0.5) is 4.79 Å². The fraction of sp³-hybridized carbons (Fsp3) is 0.500. The first kappa shape index (κ1) is 12.0. The molecule has 0 atom stereocenters. The second-order valence-electron chi connectivity index (χ2n) is 4.40. The molecule has 17 heavy (non-hydrogen) atoms. The van der Waals surface area contributed by atoms with Gasteiger partial charge in [0.25, 0.3) is 0 Å². The van der Waals surface area contributed by atoms with Crippen LogP contribution in [0.2, 0.25) is 0 Å². The Morgan fingerprint density at radius 3 is 2.59 bits per heavy atom. The van der Waals surface area contributed by atoms with Gasteiger partial charge in [0.2, 0.25) is 0 Å². The lowest BCUT2D eigenvalue weighted by molar-refractivity contribution is 0.109. The summed E-state index contributed by atoms with van der Waals surface area (Å²) in [6.45, 7) is 2.24. The number of amides is 1. The summed E-state index contributed by atoms with van der Waals surface area (Å²) < 4.78 is 5.23. The normalized spacial score (nSPS) is 14.9. The van der Waals surface area contributed by atoms with Crippen molar-refractivity contribution < 1.29 is 9.53 Å². The fourth-order valence-corrected chi connectivity index (χ4v) is 2.07. The second kappa shape index (κ2) is 6.28. The van der Waals surface area contributed by atoms with E-state index in [0.29, 0.717) is 6.61 Å². The highest BCUT2D eigenvalue weighted by Gasteiger charge is 2.18. The van der Waals surface area contributed by atoms with Crippen molar-refractivity contribution in [3.05, 3.63) is 35.9 Å². The van der Waals surface area contributed by atoms with Crippen LogP contribution in [0.1, 0.15) is 24.8 Å². The van der Waals surface area contributed by atoms with Crippen LogP contribution in [0.15, 0.2) is 30.3 Å². The number of rotatable bonds is 4. The number of nitrogens with zero attached hydrogens (tertiary/aromatic N) is 1. The van der Waals surface area contributed by atoms with Crippen LogP contribution in [0.3, 0.4) is 0 Å². The predicted octanol–water partition coefficient (Wildman–Crippen LogP) is 2.85. The van der Waals surface area contributed by atoms with Crippen molar-refractivity contribution >= 4 is 6.09 Å². The Balaban J connectivity index is 1.61. The molecular weight excluding hydrogens is 214 g/mol. The van der Waals surface area contributed by atoms with Gasteiger partial charge in [-0.15, -0.1) is 0 Å². The number of benzene rings is 1. The molecule has 1 amide bonds. The number of likely N-dealkylation sites (tertiary alicyclic amines) is 1. The summed E-state index contributed by atoms with van der Waals surface area (Å²) in [5.41, 5.74) is 1.30. The smallest absolute Gasteiger partial charge is 0.409 e. The largest absolute Gasteiger partial charge is 0.449 e. The lowest BCUT2D eigenvalue weighted by atomic mass is 10.1. The van der Waals surface area contributed by atoms with Crippen LogP contribution in [-0.2, 0) is 11.2 Å². The Morgan fingerprint density at radius 1 is 1.18 bits per heavy atom. The van der Waals surface area contributed by atoms with Crippen molar-refractivity contribution in [2.45, 2.75) is 25.7 Å². The number of aryl methyl sites for hydroxylation is 1. The Hall–Kier alpha value is -1.51. The molecule has 3 nitrogen and oxygen atoms in total. The summed E-state index contributed by atoms with van der Waals surface area (Å²) >= 11 is 0. The minimum Gasteiger partial charge on any atom is -0.449 e. The van der Waals surface area contributed by atoms with Crippen molar-refractivity contribution in [2.24, 2.45) is 0 Å². The van der Waals surface area contributed by atoms with E-state index < -0.39 is 0 Å². The van der Waals surface area contributed by atoms with Crippen molar-refractivity contribution in [3.8, 4) is 0 Å². The molecule has 0 bridgehead atoms. The van der Waals surface area contributed by atoms with Gasteiger partial charge in [-0.05, 0) is 31.2 Å². The SMILES string of the molecule is O=C(OCCCc1ccccc1)N1CCCC1. The molecule has 0 aliphatic carbocycles. The molecule has 0 radical (unpaired) electrons. The van der Waals surface area contributed by atoms with Crippen molar-refractivity contribution in [3.63, 3.8) is 0 Å².